The smallest absolute Gasteiger partial charge is 0.126 e. The van der Waals surface area contributed by atoms with Gasteiger partial charge in [-0.2, -0.15) is 0 Å². The molecule has 0 spiro atoms. The minimum absolute atomic E-state index is 0.190. The maximum absolute atomic E-state index is 13.6. The van der Waals surface area contributed by atoms with Crippen LogP contribution in [0.3, 0.4) is 0 Å². The minimum Gasteiger partial charge on any atom is -0.382 e. The Morgan fingerprint density at radius 3 is 2.89 bits per heavy atom. The molecule has 0 bridgehead atoms. The molecular weight excluding hydrogens is 253 g/mol. The molecule has 4 heteroatoms. The third kappa shape index (κ3) is 5.34. The fourth-order valence-corrected chi connectivity index (χ4v) is 2.08. The molecule has 0 heterocycles. The molecule has 1 rings (SSSR count). The van der Waals surface area contributed by atoms with Crippen LogP contribution in [-0.4, -0.2) is 26.3 Å². The van der Waals surface area contributed by atoms with E-state index >= 15 is 0 Å². The quantitative estimate of drug-likeness (QED) is 0.733. The van der Waals surface area contributed by atoms with E-state index in [1.54, 1.807) is 12.1 Å². The topological polar surface area (TPSA) is 21.3 Å². The highest BCUT2D eigenvalue weighted by Gasteiger charge is 2.11. The molecule has 0 saturated carbocycles. The molecule has 0 aromatic heterocycles. The average Bonchev–Trinajstić information content (AvgIpc) is 2.37. The first-order chi connectivity index (χ1) is 8.67. The van der Waals surface area contributed by atoms with E-state index in [0.717, 1.165) is 26.1 Å². The lowest BCUT2D eigenvalue weighted by atomic mass is 10.0. The molecule has 0 amide bonds. The van der Waals surface area contributed by atoms with Crippen LogP contribution in [0.5, 0.6) is 0 Å². The lowest BCUT2D eigenvalue weighted by Gasteiger charge is -2.16. The Kier molecular flexibility index (Phi) is 7.25. The molecule has 2 nitrogen and oxygen atoms in total. The van der Waals surface area contributed by atoms with E-state index in [9.17, 15) is 4.39 Å². The molecular formula is C14H21ClFNO. The molecule has 0 aliphatic carbocycles. The molecule has 0 aliphatic heterocycles. The Bertz CT molecular complexity index is 360. The number of benzene rings is 1. The first-order valence-electron chi connectivity index (χ1n) is 6.36. The maximum atomic E-state index is 13.6. The summed E-state index contributed by atoms with van der Waals surface area (Å²) >= 11 is 5.88. The summed E-state index contributed by atoms with van der Waals surface area (Å²) in [5.41, 5.74) is 0.665. The van der Waals surface area contributed by atoms with Gasteiger partial charge in [0.25, 0.3) is 0 Å². The normalized spacial score (nSPS) is 12.7. The van der Waals surface area contributed by atoms with Crippen molar-refractivity contribution in [2.45, 2.75) is 32.2 Å². The summed E-state index contributed by atoms with van der Waals surface area (Å²) in [4.78, 5) is 0. The van der Waals surface area contributed by atoms with Crippen LogP contribution in [0.2, 0.25) is 5.02 Å². The van der Waals surface area contributed by atoms with E-state index in [1.165, 1.54) is 6.07 Å². The summed E-state index contributed by atoms with van der Waals surface area (Å²) in [6, 6.07) is 4.94. The Hall–Kier alpha value is -0.640. The fraction of sp³-hybridized carbons (Fsp3) is 0.571. The van der Waals surface area contributed by atoms with Crippen LogP contribution >= 0.6 is 11.6 Å². The van der Waals surface area contributed by atoms with Gasteiger partial charge in [0.05, 0.1) is 0 Å². The number of rotatable bonds is 8. The molecule has 102 valence electrons. The van der Waals surface area contributed by atoms with Crippen molar-refractivity contribution in [3.63, 3.8) is 0 Å². The molecule has 1 unspecified atom stereocenters. The van der Waals surface area contributed by atoms with Crippen molar-refractivity contribution in [2.24, 2.45) is 0 Å². The molecule has 0 aliphatic rings. The van der Waals surface area contributed by atoms with E-state index in [-0.39, 0.29) is 11.9 Å². The van der Waals surface area contributed by atoms with Gasteiger partial charge in [0.2, 0.25) is 0 Å². The van der Waals surface area contributed by atoms with Crippen molar-refractivity contribution in [2.75, 3.05) is 20.3 Å². The number of halogens is 2. The van der Waals surface area contributed by atoms with Gasteiger partial charge >= 0.3 is 0 Å². The largest absolute Gasteiger partial charge is 0.382 e. The Labute approximate surface area is 113 Å². The lowest BCUT2D eigenvalue weighted by Crippen LogP contribution is -2.28. The first kappa shape index (κ1) is 15.4. The second kappa shape index (κ2) is 8.46. The second-order valence-corrected chi connectivity index (χ2v) is 4.70. The predicted octanol–water partition coefficient (Wildman–Crippen LogP) is 3.43. The second-order valence-electron chi connectivity index (χ2n) is 4.26. The van der Waals surface area contributed by atoms with Gasteiger partial charge in [0.1, 0.15) is 5.82 Å². The van der Waals surface area contributed by atoms with Crippen molar-refractivity contribution in [3.8, 4) is 0 Å². The molecule has 1 atom stereocenters. The Balaban J connectivity index is 2.48. The van der Waals surface area contributed by atoms with E-state index in [1.807, 2.05) is 14.0 Å². The van der Waals surface area contributed by atoms with E-state index in [2.05, 4.69) is 5.32 Å². The van der Waals surface area contributed by atoms with Gasteiger partial charge in [0, 0.05) is 24.3 Å². The molecule has 1 aromatic carbocycles. The predicted molar refractivity (Wildman–Crippen MR) is 73.7 cm³/mol. The third-order valence-corrected chi connectivity index (χ3v) is 3.16. The van der Waals surface area contributed by atoms with Gasteiger partial charge < -0.3 is 10.1 Å². The van der Waals surface area contributed by atoms with Gasteiger partial charge in [-0.05, 0) is 57.0 Å². The minimum atomic E-state index is -0.190. The Morgan fingerprint density at radius 1 is 1.44 bits per heavy atom. The van der Waals surface area contributed by atoms with E-state index < -0.39 is 0 Å². The molecule has 0 fully saturated rings. The van der Waals surface area contributed by atoms with Crippen LogP contribution in [0.1, 0.15) is 25.3 Å². The van der Waals surface area contributed by atoms with Gasteiger partial charge in [-0.25, -0.2) is 4.39 Å². The SMILES string of the molecule is CCOCCCC(Cc1cc(Cl)ccc1F)NC. The van der Waals surface area contributed by atoms with Gasteiger partial charge in [-0.1, -0.05) is 11.6 Å². The number of ether oxygens (including phenoxy) is 1. The summed E-state index contributed by atoms with van der Waals surface area (Å²) in [7, 11) is 1.90. The van der Waals surface area contributed by atoms with Gasteiger partial charge in [0.15, 0.2) is 0 Å². The summed E-state index contributed by atoms with van der Waals surface area (Å²) in [6.07, 6.45) is 2.58. The highest BCUT2D eigenvalue weighted by atomic mass is 35.5. The van der Waals surface area contributed by atoms with Crippen molar-refractivity contribution in [1.29, 1.82) is 0 Å². The fourth-order valence-electron chi connectivity index (χ4n) is 1.89. The molecule has 0 saturated heterocycles. The molecule has 0 radical (unpaired) electrons. The lowest BCUT2D eigenvalue weighted by molar-refractivity contribution is 0.141. The summed E-state index contributed by atoms with van der Waals surface area (Å²) in [6.45, 7) is 3.48. The van der Waals surface area contributed by atoms with Crippen LogP contribution in [0.25, 0.3) is 0 Å². The van der Waals surface area contributed by atoms with Crippen LogP contribution in [0.15, 0.2) is 18.2 Å². The van der Waals surface area contributed by atoms with Crippen molar-refractivity contribution >= 4 is 11.6 Å². The Morgan fingerprint density at radius 2 is 2.22 bits per heavy atom. The monoisotopic (exact) mass is 273 g/mol. The molecule has 1 N–H and O–H groups in total. The van der Waals surface area contributed by atoms with Crippen molar-refractivity contribution < 1.29 is 9.13 Å². The van der Waals surface area contributed by atoms with Gasteiger partial charge in [-0.15, -0.1) is 0 Å². The number of nitrogens with one attached hydrogen (secondary N) is 1. The summed E-state index contributed by atoms with van der Waals surface area (Å²) in [5.74, 6) is -0.190. The standard InChI is InChI=1S/C14H21ClFNO/c1-3-18-8-4-5-13(17-2)10-11-9-12(15)6-7-14(11)16/h6-7,9,13,17H,3-5,8,10H2,1-2H3. The van der Waals surface area contributed by atoms with Crippen LogP contribution in [0, 0.1) is 5.82 Å². The molecule has 1 aromatic rings. The van der Waals surface area contributed by atoms with E-state index in [0.29, 0.717) is 17.0 Å². The van der Waals surface area contributed by atoms with Crippen molar-refractivity contribution in [3.05, 3.63) is 34.6 Å². The average molecular weight is 274 g/mol. The summed E-state index contributed by atoms with van der Waals surface area (Å²) in [5, 5.41) is 3.79. The third-order valence-electron chi connectivity index (χ3n) is 2.93. The number of hydrogen-bond acceptors (Lipinski definition) is 2. The zero-order valence-corrected chi connectivity index (χ0v) is 11.8. The highest BCUT2D eigenvalue weighted by molar-refractivity contribution is 6.30. The zero-order chi connectivity index (χ0) is 13.4. The summed E-state index contributed by atoms with van der Waals surface area (Å²) < 4.78 is 18.9. The number of likely N-dealkylation sites (N-methyl/N-ethyl adjacent to an activating group) is 1. The first-order valence-corrected chi connectivity index (χ1v) is 6.74. The van der Waals surface area contributed by atoms with Gasteiger partial charge in [-0.3, -0.25) is 0 Å². The molecule has 18 heavy (non-hydrogen) atoms. The highest BCUT2D eigenvalue weighted by Crippen LogP contribution is 2.17. The van der Waals surface area contributed by atoms with Crippen LogP contribution < -0.4 is 5.32 Å². The number of hydrogen-bond donors (Lipinski definition) is 1. The van der Waals surface area contributed by atoms with Crippen LogP contribution in [0.4, 0.5) is 4.39 Å². The van der Waals surface area contributed by atoms with Crippen LogP contribution in [-0.2, 0) is 11.2 Å². The van der Waals surface area contributed by atoms with E-state index in [4.69, 9.17) is 16.3 Å². The van der Waals surface area contributed by atoms with Crippen molar-refractivity contribution in [1.82, 2.24) is 5.32 Å². The zero-order valence-electron chi connectivity index (χ0n) is 11.0. The maximum Gasteiger partial charge on any atom is 0.126 e.